The number of fused-ring (bicyclic) bond motifs is 1. The zero-order valence-electron chi connectivity index (χ0n) is 17.1. The third-order valence-corrected chi connectivity index (χ3v) is 5.24. The number of aromatic amines is 1. The highest BCUT2D eigenvalue weighted by Gasteiger charge is 2.30. The molecule has 33 heavy (non-hydrogen) atoms. The number of H-pyrrole nitrogens is 1. The summed E-state index contributed by atoms with van der Waals surface area (Å²) in [5.41, 5.74) is 3.46. The average molecular weight is 478 g/mol. The van der Waals surface area contributed by atoms with E-state index in [2.05, 4.69) is 31.0 Å². The van der Waals surface area contributed by atoms with Gasteiger partial charge in [0.25, 0.3) is 0 Å². The van der Waals surface area contributed by atoms with Gasteiger partial charge in [-0.1, -0.05) is 17.8 Å². The highest BCUT2D eigenvalue weighted by Crippen LogP contribution is 2.33. The van der Waals surface area contributed by atoms with E-state index in [1.807, 2.05) is 12.1 Å². The Bertz CT molecular complexity index is 1200. The van der Waals surface area contributed by atoms with Gasteiger partial charge in [0.2, 0.25) is 23.8 Å². The maximum Gasteiger partial charge on any atom is 0.416 e. The maximum absolute atomic E-state index is 12.8. The van der Waals surface area contributed by atoms with Gasteiger partial charge < -0.3 is 14.8 Å². The fraction of sp³-hybridized carbons (Fsp3) is 0.200. The predicted molar refractivity (Wildman–Crippen MR) is 116 cm³/mol. The SMILES string of the molecule is C/C(=N/Nc1nc(SCC(=O)Nc2cccc(C(F)(F)F)c2)n[nH]1)c1ccc2c(c1)OCO2. The third-order valence-electron chi connectivity index (χ3n) is 4.39. The molecule has 4 rings (SSSR count). The van der Waals surface area contributed by atoms with Crippen LogP contribution in [0.3, 0.4) is 0 Å². The molecule has 13 heteroatoms. The lowest BCUT2D eigenvalue weighted by Gasteiger charge is -2.09. The van der Waals surface area contributed by atoms with Crippen molar-refractivity contribution < 1.29 is 27.4 Å². The molecule has 0 saturated carbocycles. The Hall–Kier alpha value is -3.74. The summed E-state index contributed by atoms with van der Waals surface area (Å²) < 4.78 is 49.0. The van der Waals surface area contributed by atoms with Crippen molar-refractivity contribution in [2.24, 2.45) is 5.10 Å². The Labute approximate surface area is 189 Å². The molecule has 2 aromatic carbocycles. The first-order valence-electron chi connectivity index (χ1n) is 9.50. The first kappa shape index (κ1) is 22.5. The minimum atomic E-state index is -4.48. The Kier molecular flexibility index (Phi) is 6.40. The van der Waals surface area contributed by atoms with Gasteiger partial charge >= 0.3 is 6.18 Å². The molecule has 0 fully saturated rings. The lowest BCUT2D eigenvalue weighted by atomic mass is 10.1. The van der Waals surface area contributed by atoms with Crippen molar-refractivity contribution in [3.63, 3.8) is 0 Å². The van der Waals surface area contributed by atoms with Crippen LogP contribution in [0.1, 0.15) is 18.1 Å². The number of thioether (sulfide) groups is 1. The van der Waals surface area contributed by atoms with Gasteiger partial charge in [-0.05, 0) is 43.3 Å². The van der Waals surface area contributed by atoms with Gasteiger partial charge in [-0.3, -0.25) is 4.79 Å². The molecule has 0 radical (unpaired) electrons. The Balaban J connectivity index is 1.29. The van der Waals surface area contributed by atoms with Gasteiger partial charge in [-0.2, -0.15) is 23.3 Å². The monoisotopic (exact) mass is 478 g/mol. The Morgan fingerprint density at radius 1 is 1.21 bits per heavy atom. The summed E-state index contributed by atoms with van der Waals surface area (Å²) >= 11 is 1.02. The van der Waals surface area contributed by atoms with Crippen LogP contribution in [0.2, 0.25) is 0 Å². The van der Waals surface area contributed by atoms with Gasteiger partial charge in [0.05, 0.1) is 17.0 Å². The first-order valence-corrected chi connectivity index (χ1v) is 10.5. The number of carbonyl (C=O) groups excluding carboxylic acids is 1. The summed E-state index contributed by atoms with van der Waals surface area (Å²) in [5.74, 6) is 0.996. The standard InChI is InChI=1S/C20H17F3N6O3S/c1-11(12-5-6-15-16(7-12)32-10-31-15)26-27-18-25-19(29-28-18)33-9-17(30)24-14-4-2-3-13(8-14)20(21,22)23/h2-8H,9-10H2,1H3,(H,24,30)(H2,25,27,28,29)/b26-11-. The van der Waals surface area contributed by atoms with Crippen LogP contribution < -0.4 is 20.2 Å². The van der Waals surface area contributed by atoms with Crippen molar-refractivity contribution in [1.82, 2.24) is 15.2 Å². The van der Waals surface area contributed by atoms with Crippen molar-refractivity contribution >= 4 is 35.0 Å². The molecule has 172 valence electrons. The molecule has 1 aliphatic heterocycles. The number of nitrogens with one attached hydrogen (secondary N) is 3. The lowest BCUT2D eigenvalue weighted by molar-refractivity contribution is -0.137. The van der Waals surface area contributed by atoms with E-state index in [0.717, 1.165) is 29.5 Å². The summed E-state index contributed by atoms with van der Waals surface area (Å²) in [4.78, 5) is 16.2. The largest absolute Gasteiger partial charge is 0.454 e. The number of carbonyl (C=O) groups is 1. The van der Waals surface area contributed by atoms with Crippen LogP contribution in [0.15, 0.2) is 52.7 Å². The van der Waals surface area contributed by atoms with Crippen LogP contribution in [0.5, 0.6) is 11.5 Å². The van der Waals surface area contributed by atoms with E-state index in [-0.39, 0.29) is 29.3 Å². The van der Waals surface area contributed by atoms with E-state index in [1.54, 1.807) is 13.0 Å². The van der Waals surface area contributed by atoms with Crippen molar-refractivity contribution in [1.29, 1.82) is 0 Å². The fourth-order valence-electron chi connectivity index (χ4n) is 2.78. The second-order valence-electron chi connectivity index (χ2n) is 6.76. The molecular formula is C20H17F3N6O3S. The number of hydrazone groups is 1. The molecule has 1 aliphatic rings. The van der Waals surface area contributed by atoms with Crippen molar-refractivity contribution in [3.8, 4) is 11.5 Å². The van der Waals surface area contributed by atoms with Gasteiger partial charge in [0.1, 0.15) is 0 Å². The van der Waals surface area contributed by atoms with Crippen LogP contribution in [0, 0.1) is 0 Å². The fourth-order valence-corrected chi connectivity index (χ4v) is 3.38. The molecule has 9 nitrogen and oxygen atoms in total. The number of aromatic nitrogens is 3. The van der Waals surface area contributed by atoms with Gasteiger partial charge in [0, 0.05) is 11.3 Å². The first-order chi connectivity index (χ1) is 15.8. The summed E-state index contributed by atoms with van der Waals surface area (Å²) in [6.07, 6.45) is -4.48. The Morgan fingerprint density at radius 2 is 2.03 bits per heavy atom. The maximum atomic E-state index is 12.8. The van der Waals surface area contributed by atoms with Crippen LogP contribution in [0.4, 0.5) is 24.8 Å². The summed E-state index contributed by atoms with van der Waals surface area (Å²) in [6.45, 7) is 1.98. The number of benzene rings is 2. The molecule has 2 heterocycles. The van der Waals surface area contributed by atoms with Gasteiger partial charge in [-0.15, -0.1) is 5.10 Å². The molecule has 0 saturated heterocycles. The van der Waals surface area contributed by atoms with E-state index in [1.165, 1.54) is 12.1 Å². The zero-order chi connectivity index (χ0) is 23.4. The molecule has 1 aromatic heterocycles. The van der Waals surface area contributed by atoms with Crippen LogP contribution in [-0.2, 0) is 11.0 Å². The van der Waals surface area contributed by atoms with Crippen molar-refractivity contribution in [2.75, 3.05) is 23.3 Å². The quantitative estimate of drug-likeness (QED) is 0.266. The summed E-state index contributed by atoms with van der Waals surface area (Å²) in [5, 5.41) is 13.6. The van der Waals surface area contributed by atoms with E-state index >= 15 is 0 Å². The summed E-state index contributed by atoms with van der Waals surface area (Å²) in [7, 11) is 0. The molecule has 1 amide bonds. The topological polar surface area (TPSA) is 114 Å². The number of anilines is 2. The van der Waals surface area contributed by atoms with E-state index < -0.39 is 17.6 Å². The molecule has 3 aromatic rings. The molecular weight excluding hydrogens is 461 g/mol. The second kappa shape index (κ2) is 9.40. The Morgan fingerprint density at radius 3 is 2.85 bits per heavy atom. The number of ether oxygens (including phenoxy) is 2. The van der Waals surface area contributed by atoms with E-state index in [4.69, 9.17) is 9.47 Å². The van der Waals surface area contributed by atoms with Crippen LogP contribution in [-0.4, -0.2) is 39.3 Å². The van der Waals surface area contributed by atoms with Gasteiger partial charge in [-0.25, -0.2) is 10.5 Å². The number of rotatable bonds is 7. The number of alkyl halides is 3. The van der Waals surface area contributed by atoms with E-state index in [0.29, 0.717) is 17.2 Å². The number of hydrogen-bond acceptors (Lipinski definition) is 8. The molecule has 0 aliphatic carbocycles. The molecule has 0 spiro atoms. The summed E-state index contributed by atoms with van der Waals surface area (Å²) in [6, 6.07) is 9.87. The average Bonchev–Trinajstić information content (AvgIpc) is 3.44. The number of hydrogen-bond donors (Lipinski definition) is 3. The van der Waals surface area contributed by atoms with Crippen molar-refractivity contribution in [3.05, 3.63) is 53.6 Å². The number of nitrogens with zero attached hydrogens (tertiary/aromatic N) is 3. The third kappa shape index (κ3) is 5.74. The minimum Gasteiger partial charge on any atom is -0.454 e. The van der Waals surface area contributed by atoms with Crippen molar-refractivity contribution in [2.45, 2.75) is 18.3 Å². The van der Waals surface area contributed by atoms with E-state index in [9.17, 15) is 18.0 Å². The predicted octanol–water partition coefficient (Wildman–Crippen LogP) is 4.12. The highest BCUT2D eigenvalue weighted by atomic mass is 32.2. The van der Waals surface area contributed by atoms with Gasteiger partial charge in [0.15, 0.2) is 11.5 Å². The number of halogens is 3. The smallest absolute Gasteiger partial charge is 0.416 e. The molecule has 0 bridgehead atoms. The molecule has 3 N–H and O–H groups in total. The molecule has 0 atom stereocenters. The minimum absolute atomic E-state index is 0.0566. The van der Waals surface area contributed by atoms with Crippen LogP contribution in [0.25, 0.3) is 0 Å². The number of amides is 1. The second-order valence-corrected chi connectivity index (χ2v) is 7.70. The lowest BCUT2D eigenvalue weighted by Crippen LogP contribution is -2.15. The van der Waals surface area contributed by atoms with Crippen LogP contribution >= 0.6 is 11.8 Å². The highest BCUT2D eigenvalue weighted by molar-refractivity contribution is 7.99. The normalized spacial score (nSPS) is 13.2. The zero-order valence-corrected chi connectivity index (χ0v) is 17.9. The molecule has 0 unspecified atom stereocenters.